The summed E-state index contributed by atoms with van der Waals surface area (Å²) in [5.74, 6) is 0.895. The molecule has 4 heteroatoms. The van der Waals surface area contributed by atoms with Gasteiger partial charge in [-0.05, 0) is 37.3 Å². The lowest BCUT2D eigenvalue weighted by atomic mass is 10.0. The summed E-state index contributed by atoms with van der Waals surface area (Å²) >= 11 is 0. The molecule has 0 amide bonds. The number of aryl methyl sites for hydroxylation is 1. The Hall–Kier alpha value is -4.05. The number of hydrogen-bond acceptors (Lipinski definition) is 2. The number of nitrogens with zero attached hydrogens (tertiary/aromatic N) is 3. The van der Waals surface area contributed by atoms with Crippen LogP contribution in [0.2, 0.25) is 0 Å². The first-order valence-electron chi connectivity index (χ1n) is 10.6. The van der Waals surface area contributed by atoms with Gasteiger partial charge in [0.15, 0.2) is 0 Å². The smallest absolute Gasteiger partial charge is 0.148 e. The van der Waals surface area contributed by atoms with E-state index in [0.29, 0.717) is 0 Å². The average Bonchev–Trinajstić information content (AvgIpc) is 3.54. The molecular weight excluding hydrogens is 382 g/mol. The standard InChI is InChI=1S/C27H19N3O/c1-2-29-22-9-5-3-7-18(22)20-15-17(11-12-24(20)29)26-25-19-8-4-6-10-23(19)30-14-13-28-27(30)21(25)16-31-26/h3-16H,2H2,1H3. The van der Waals surface area contributed by atoms with E-state index in [4.69, 9.17) is 4.42 Å². The van der Waals surface area contributed by atoms with Crippen molar-refractivity contribution in [2.24, 2.45) is 0 Å². The first kappa shape index (κ1) is 16.7. The zero-order valence-electron chi connectivity index (χ0n) is 17.0. The summed E-state index contributed by atoms with van der Waals surface area (Å²) < 4.78 is 10.7. The van der Waals surface area contributed by atoms with Crippen molar-refractivity contribution in [3.05, 3.63) is 85.4 Å². The predicted octanol–water partition coefficient (Wildman–Crippen LogP) is 7.03. The number of para-hydroxylation sites is 2. The fourth-order valence-corrected chi connectivity index (χ4v) is 5.13. The van der Waals surface area contributed by atoms with Gasteiger partial charge in [0.25, 0.3) is 0 Å². The topological polar surface area (TPSA) is 35.4 Å². The van der Waals surface area contributed by atoms with Gasteiger partial charge >= 0.3 is 0 Å². The minimum Gasteiger partial charge on any atom is -0.463 e. The molecular formula is C27H19N3O. The molecule has 0 bridgehead atoms. The quantitative estimate of drug-likeness (QED) is 0.312. The van der Waals surface area contributed by atoms with Crippen LogP contribution in [0.1, 0.15) is 6.92 Å². The molecule has 0 aliphatic heterocycles. The van der Waals surface area contributed by atoms with Crippen molar-refractivity contribution in [3.8, 4) is 11.3 Å². The molecule has 31 heavy (non-hydrogen) atoms. The number of fused-ring (bicyclic) bond motifs is 9. The second kappa shape index (κ2) is 5.99. The van der Waals surface area contributed by atoms with Crippen molar-refractivity contribution >= 4 is 49.1 Å². The van der Waals surface area contributed by atoms with Gasteiger partial charge < -0.3 is 8.98 Å². The van der Waals surface area contributed by atoms with E-state index in [-0.39, 0.29) is 0 Å². The molecule has 4 aromatic heterocycles. The highest BCUT2D eigenvalue weighted by Crippen LogP contribution is 2.40. The summed E-state index contributed by atoms with van der Waals surface area (Å²) in [6.07, 6.45) is 5.70. The lowest BCUT2D eigenvalue weighted by Gasteiger charge is -2.07. The predicted molar refractivity (Wildman–Crippen MR) is 127 cm³/mol. The molecule has 148 valence electrons. The second-order valence-corrected chi connectivity index (χ2v) is 7.98. The van der Waals surface area contributed by atoms with E-state index in [1.807, 2.05) is 18.7 Å². The zero-order chi connectivity index (χ0) is 20.5. The SMILES string of the molecule is CCn1c2ccccc2c2cc(-c3occ4c3c3ccccc3n3ccnc43)ccc21. The normalized spacial score (nSPS) is 12.2. The van der Waals surface area contributed by atoms with E-state index in [1.165, 1.54) is 27.2 Å². The van der Waals surface area contributed by atoms with Gasteiger partial charge in [-0.15, -0.1) is 0 Å². The van der Waals surface area contributed by atoms with Gasteiger partial charge in [-0.1, -0.05) is 36.4 Å². The van der Waals surface area contributed by atoms with Crippen LogP contribution >= 0.6 is 0 Å². The van der Waals surface area contributed by atoms with E-state index < -0.39 is 0 Å². The van der Waals surface area contributed by atoms with Crippen molar-refractivity contribution in [1.82, 2.24) is 14.0 Å². The van der Waals surface area contributed by atoms with Gasteiger partial charge in [0.2, 0.25) is 0 Å². The van der Waals surface area contributed by atoms with Gasteiger partial charge in [0, 0.05) is 57.1 Å². The van der Waals surface area contributed by atoms with Crippen molar-refractivity contribution in [2.75, 3.05) is 0 Å². The van der Waals surface area contributed by atoms with Crippen LogP contribution < -0.4 is 0 Å². The van der Waals surface area contributed by atoms with Crippen LogP contribution in [0, 0.1) is 0 Å². The third-order valence-electron chi connectivity index (χ3n) is 6.46. The van der Waals surface area contributed by atoms with Crippen LogP contribution in [0.3, 0.4) is 0 Å². The highest BCUT2D eigenvalue weighted by molar-refractivity contribution is 6.17. The monoisotopic (exact) mass is 401 g/mol. The molecule has 0 N–H and O–H groups in total. The number of aromatic nitrogens is 3. The molecule has 4 heterocycles. The molecule has 7 aromatic rings. The molecule has 4 nitrogen and oxygen atoms in total. The minimum absolute atomic E-state index is 0.895. The third kappa shape index (κ3) is 2.11. The lowest BCUT2D eigenvalue weighted by Crippen LogP contribution is -1.92. The Morgan fingerprint density at radius 1 is 0.806 bits per heavy atom. The van der Waals surface area contributed by atoms with Crippen molar-refractivity contribution in [3.63, 3.8) is 0 Å². The molecule has 0 radical (unpaired) electrons. The van der Waals surface area contributed by atoms with Gasteiger partial charge in [0.05, 0.1) is 10.9 Å². The van der Waals surface area contributed by atoms with Gasteiger partial charge in [-0.2, -0.15) is 0 Å². The van der Waals surface area contributed by atoms with E-state index in [0.717, 1.165) is 39.8 Å². The number of furan rings is 1. The van der Waals surface area contributed by atoms with Gasteiger partial charge in [-0.3, -0.25) is 4.40 Å². The zero-order valence-corrected chi connectivity index (χ0v) is 17.0. The van der Waals surface area contributed by atoms with E-state index in [2.05, 4.69) is 87.6 Å². The summed E-state index contributed by atoms with van der Waals surface area (Å²) in [4.78, 5) is 4.61. The molecule has 0 saturated heterocycles. The van der Waals surface area contributed by atoms with Gasteiger partial charge in [-0.25, -0.2) is 4.98 Å². The molecule has 7 rings (SSSR count). The van der Waals surface area contributed by atoms with Crippen LogP contribution in [-0.2, 0) is 6.54 Å². The lowest BCUT2D eigenvalue weighted by molar-refractivity contribution is 0.587. The summed E-state index contributed by atoms with van der Waals surface area (Å²) in [6, 6.07) is 23.7. The van der Waals surface area contributed by atoms with Crippen molar-refractivity contribution in [2.45, 2.75) is 13.5 Å². The fraction of sp³-hybridized carbons (Fsp3) is 0.0741. The Kier molecular flexibility index (Phi) is 3.23. The Labute approximate surface area is 177 Å². The van der Waals surface area contributed by atoms with Crippen LogP contribution in [0.15, 0.2) is 89.8 Å². The Morgan fingerprint density at radius 2 is 1.58 bits per heavy atom. The van der Waals surface area contributed by atoms with E-state index in [9.17, 15) is 0 Å². The molecule has 0 atom stereocenters. The fourth-order valence-electron chi connectivity index (χ4n) is 5.13. The second-order valence-electron chi connectivity index (χ2n) is 7.98. The molecule has 0 spiro atoms. The number of benzene rings is 3. The van der Waals surface area contributed by atoms with E-state index >= 15 is 0 Å². The number of hydrogen-bond donors (Lipinski definition) is 0. The van der Waals surface area contributed by atoms with Crippen molar-refractivity contribution < 1.29 is 4.42 Å². The Balaban J connectivity index is 1.60. The summed E-state index contributed by atoms with van der Waals surface area (Å²) in [5.41, 5.74) is 5.67. The molecule has 3 aromatic carbocycles. The highest BCUT2D eigenvalue weighted by atomic mass is 16.3. The third-order valence-corrected chi connectivity index (χ3v) is 6.46. The molecule has 0 saturated carbocycles. The van der Waals surface area contributed by atoms with Crippen LogP contribution in [-0.4, -0.2) is 14.0 Å². The summed E-state index contributed by atoms with van der Waals surface area (Å²) in [6.45, 7) is 3.14. The van der Waals surface area contributed by atoms with Crippen LogP contribution in [0.4, 0.5) is 0 Å². The molecule has 0 aliphatic carbocycles. The highest BCUT2D eigenvalue weighted by Gasteiger charge is 2.18. The minimum atomic E-state index is 0.895. The summed E-state index contributed by atoms with van der Waals surface area (Å²) in [7, 11) is 0. The first-order chi connectivity index (χ1) is 15.3. The maximum Gasteiger partial charge on any atom is 0.148 e. The first-order valence-corrected chi connectivity index (χ1v) is 10.6. The Morgan fingerprint density at radius 3 is 2.45 bits per heavy atom. The average molecular weight is 401 g/mol. The maximum atomic E-state index is 6.22. The number of rotatable bonds is 2. The Bertz CT molecular complexity index is 1780. The van der Waals surface area contributed by atoms with E-state index in [1.54, 1.807) is 0 Å². The van der Waals surface area contributed by atoms with Crippen molar-refractivity contribution in [1.29, 1.82) is 0 Å². The van der Waals surface area contributed by atoms with Gasteiger partial charge in [0.1, 0.15) is 17.7 Å². The summed E-state index contributed by atoms with van der Waals surface area (Å²) in [5, 5.41) is 5.86. The largest absolute Gasteiger partial charge is 0.463 e. The number of pyridine rings is 1. The molecule has 0 aliphatic rings. The maximum absolute atomic E-state index is 6.22. The van der Waals surface area contributed by atoms with Crippen LogP contribution in [0.5, 0.6) is 0 Å². The number of imidazole rings is 1. The van der Waals surface area contributed by atoms with Crippen LogP contribution in [0.25, 0.3) is 60.5 Å². The molecule has 0 fully saturated rings. The molecule has 0 unspecified atom stereocenters.